The maximum atomic E-state index is 12.4. The van der Waals surface area contributed by atoms with Gasteiger partial charge in [0, 0.05) is 12.4 Å². The van der Waals surface area contributed by atoms with Gasteiger partial charge in [-0.1, -0.05) is 13.8 Å². The van der Waals surface area contributed by atoms with Gasteiger partial charge in [-0.05, 0) is 12.3 Å². The van der Waals surface area contributed by atoms with E-state index in [-0.39, 0.29) is 23.4 Å². The van der Waals surface area contributed by atoms with E-state index in [4.69, 9.17) is 5.73 Å². The minimum atomic E-state index is -4.45. The maximum Gasteiger partial charge on any atom is 0.434 e. The molecule has 0 saturated heterocycles. The topological polar surface area (TPSA) is 59.2 Å². The summed E-state index contributed by atoms with van der Waals surface area (Å²) in [4.78, 5) is 16.7. The fourth-order valence-electron chi connectivity index (χ4n) is 1.69. The summed E-state index contributed by atoms with van der Waals surface area (Å²) in [7, 11) is 1.51. The standard InChI is InChI=1S/C12H18F3N3OS/c1-7(2)4-8(16)11(19)18(3)5-10-17-9(6-20-10)12(13,14)15/h6-8H,4-5,16H2,1-3H3/t8-/m0/s1. The van der Waals surface area contributed by atoms with Crippen LogP contribution in [0.15, 0.2) is 5.38 Å². The summed E-state index contributed by atoms with van der Waals surface area (Å²) in [5, 5.41) is 1.19. The van der Waals surface area contributed by atoms with Crippen LogP contribution in [-0.4, -0.2) is 28.9 Å². The summed E-state index contributed by atoms with van der Waals surface area (Å²) in [6, 6.07) is -0.637. The number of rotatable bonds is 5. The Morgan fingerprint density at radius 3 is 2.55 bits per heavy atom. The number of hydrogen-bond donors (Lipinski definition) is 1. The Hall–Kier alpha value is -1.15. The quantitative estimate of drug-likeness (QED) is 0.909. The van der Waals surface area contributed by atoms with Gasteiger partial charge in [-0.2, -0.15) is 13.2 Å². The maximum absolute atomic E-state index is 12.4. The zero-order valence-corrected chi connectivity index (χ0v) is 12.4. The third-order valence-corrected chi connectivity index (χ3v) is 3.47. The van der Waals surface area contributed by atoms with Crippen LogP contribution in [0.2, 0.25) is 0 Å². The van der Waals surface area contributed by atoms with Gasteiger partial charge >= 0.3 is 6.18 Å². The summed E-state index contributed by atoms with van der Waals surface area (Å²) < 4.78 is 37.2. The van der Waals surface area contributed by atoms with Crippen LogP contribution in [0, 0.1) is 5.92 Å². The van der Waals surface area contributed by atoms with Gasteiger partial charge in [0.15, 0.2) is 5.69 Å². The van der Waals surface area contributed by atoms with Crippen LogP contribution < -0.4 is 5.73 Å². The Balaban J connectivity index is 2.64. The first-order valence-electron chi connectivity index (χ1n) is 6.13. The lowest BCUT2D eigenvalue weighted by Crippen LogP contribution is -2.42. The van der Waals surface area contributed by atoms with Gasteiger partial charge in [0.25, 0.3) is 0 Å². The Kier molecular flexibility index (Phi) is 5.52. The van der Waals surface area contributed by atoms with Crippen LogP contribution in [0.4, 0.5) is 13.2 Å². The number of alkyl halides is 3. The zero-order chi connectivity index (χ0) is 15.5. The van der Waals surface area contributed by atoms with Gasteiger partial charge in [0.05, 0.1) is 12.6 Å². The van der Waals surface area contributed by atoms with Crippen molar-refractivity contribution in [2.24, 2.45) is 11.7 Å². The summed E-state index contributed by atoms with van der Waals surface area (Å²) in [5.74, 6) is -0.0125. The largest absolute Gasteiger partial charge is 0.434 e. The first-order chi connectivity index (χ1) is 9.11. The van der Waals surface area contributed by atoms with E-state index in [1.54, 1.807) is 0 Å². The van der Waals surface area contributed by atoms with Crippen molar-refractivity contribution in [1.29, 1.82) is 0 Å². The molecule has 1 aromatic rings. The number of aromatic nitrogens is 1. The van der Waals surface area contributed by atoms with Crippen LogP contribution >= 0.6 is 11.3 Å². The third-order valence-electron chi connectivity index (χ3n) is 2.63. The number of nitrogens with two attached hydrogens (primary N) is 1. The average molecular weight is 309 g/mol. The number of carbonyl (C=O) groups excluding carboxylic acids is 1. The number of amides is 1. The summed E-state index contributed by atoms with van der Waals surface area (Å²) in [5.41, 5.74) is 4.83. The lowest BCUT2D eigenvalue weighted by molar-refractivity contribution is -0.140. The van der Waals surface area contributed by atoms with Gasteiger partial charge in [-0.25, -0.2) is 4.98 Å². The van der Waals surface area contributed by atoms with Crippen LogP contribution in [-0.2, 0) is 17.5 Å². The molecule has 0 radical (unpaired) electrons. The Morgan fingerprint density at radius 2 is 2.10 bits per heavy atom. The molecule has 0 aromatic carbocycles. The molecule has 8 heteroatoms. The van der Waals surface area contributed by atoms with Gasteiger partial charge in [-0.3, -0.25) is 4.79 Å². The van der Waals surface area contributed by atoms with Crippen LogP contribution in [0.25, 0.3) is 0 Å². The van der Waals surface area contributed by atoms with Gasteiger partial charge in [0.2, 0.25) is 5.91 Å². The second-order valence-corrected chi connectivity index (χ2v) is 6.00. The van der Waals surface area contributed by atoms with E-state index in [0.717, 1.165) is 16.7 Å². The normalized spacial score (nSPS) is 13.6. The van der Waals surface area contributed by atoms with Gasteiger partial charge in [-0.15, -0.1) is 11.3 Å². The molecule has 4 nitrogen and oxygen atoms in total. The van der Waals surface area contributed by atoms with Crippen LogP contribution in [0.5, 0.6) is 0 Å². The monoisotopic (exact) mass is 309 g/mol. The van der Waals surface area contributed by atoms with Gasteiger partial charge < -0.3 is 10.6 Å². The van der Waals surface area contributed by atoms with Crippen molar-refractivity contribution in [3.63, 3.8) is 0 Å². The van der Waals surface area contributed by atoms with E-state index < -0.39 is 17.9 Å². The SMILES string of the molecule is CC(C)C[C@H](N)C(=O)N(C)Cc1nc(C(F)(F)F)cs1. The summed E-state index contributed by atoms with van der Waals surface area (Å²) in [6.45, 7) is 3.93. The fourth-order valence-corrected chi connectivity index (χ4v) is 2.54. The molecular formula is C12H18F3N3OS. The van der Waals surface area contributed by atoms with Crippen molar-refractivity contribution in [3.8, 4) is 0 Å². The number of carbonyl (C=O) groups is 1. The predicted octanol–water partition coefficient (Wildman–Crippen LogP) is 2.49. The number of likely N-dealkylation sites (N-methyl/N-ethyl adjacent to an activating group) is 1. The van der Waals surface area contributed by atoms with Crippen LogP contribution in [0.1, 0.15) is 31.0 Å². The molecule has 0 bridgehead atoms. The lowest BCUT2D eigenvalue weighted by atomic mass is 10.0. The number of halogens is 3. The molecule has 1 atom stereocenters. The average Bonchev–Trinajstić information content (AvgIpc) is 2.75. The first kappa shape index (κ1) is 16.9. The minimum Gasteiger partial charge on any atom is -0.338 e. The van der Waals surface area contributed by atoms with Crippen LogP contribution in [0.3, 0.4) is 0 Å². The highest BCUT2D eigenvalue weighted by molar-refractivity contribution is 7.09. The highest BCUT2D eigenvalue weighted by Gasteiger charge is 2.34. The molecule has 0 saturated carbocycles. The molecule has 114 valence electrons. The second-order valence-electron chi connectivity index (χ2n) is 5.05. The first-order valence-corrected chi connectivity index (χ1v) is 7.01. The van der Waals surface area contributed by atoms with E-state index >= 15 is 0 Å². The molecule has 1 amide bonds. The molecule has 2 N–H and O–H groups in total. The fraction of sp³-hybridized carbons (Fsp3) is 0.667. The van der Waals surface area contributed by atoms with E-state index in [0.29, 0.717) is 6.42 Å². The van der Waals surface area contributed by atoms with Crippen molar-refractivity contribution in [3.05, 3.63) is 16.1 Å². The molecule has 0 fully saturated rings. The molecular weight excluding hydrogens is 291 g/mol. The van der Waals surface area contributed by atoms with E-state index in [2.05, 4.69) is 4.98 Å². The second kappa shape index (κ2) is 6.53. The highest BCUT2D eigenvalue weighted by atomic mass is 32.1. The minimum absolute atomic E-state index is 0.0331. The molecule has 0 aliphatic carbocycles. The number of hydrogen-bond acceptors (Lipinski definition) is 4. The number of thiazole rings is 1. The molecule has 1 aromatic heterocycles. The van der Waals surface area contributed by atoms with Crippen molar-refractivity contribution >= 4 is 17.2 Å². The Labute approximate surface area is 119 Å². The van der Waals surface area contributed by atoms with Crippen molar-refractivity contribution in [2.75, 3.05) is 7.05 Å². The van der Waals surface area contributed by atoms with Crippen molar-refractivity contribution in [2.45, 2.75) is 39.0 Å². The van der Waals surface area contributed by atoms with E-state index in [1.807, 2.05) is 13.8 Å². The predicted molar refractivity (Wildman–Crippen MR) is 71.0 cm³/mol. The van der Waals surface area contributed by atoms with E-state index in [1.165, 1.54) is 11.9 Å². The molecule has 0 spiro atoms. The lowest BCUT2D eigenvalue weighted by Gasteiger charge is -2.21. The highest BCUT2D eigenvalue weighted by Crippen LogP contribution is 2.30. The Bertz CT molecular complexity index is 459. The third kappa shape index (κ3) is 4.75. The molecule has 1 rings (SSSR count). The smallest absolute Gasteiger partial charge is 0.338 e. The molecule has 1 heterocycles. The molecule has 20 heavy (non-hydrogen) atoms. The van der Waals surface area contributed by atoms with Gasteiger partial charge in [0.1, 0.15) is 5.01 Å². The zero-order valence-electron chi connectivity index (χ0n) is 11.6. The molecule has 0 unspecified atom stereocenters. The van der Waals surface area contributed by atoms with E-state index in [9.17, 15) is 18.0 Å². The van der Waals surface area contributed by atoms with Crippen molar-refractivity contribution in [1.82, 2.24) is 9.88 Å². The number of nitrogens with zero attached hydrogens (tertiary/aromatic N) is 2. The Morgan fingerprint density at radius 1 is 1.50 bits per heavy atom. The molecule has 0 aliphatic rings. The summed E-state index contributed by atoms with van der Waals surface area (Å²) in [6.07, 6.45) is -3.92. The summed E-state index contributed by atoms with van der Waals surface area (Å²) >= 11 is 0.882. The molecule has 0 aliphatic heterocycles. The van der Waals surface area contributed by atoms with Crippen molar-refractivity contribution < 1.29 is 18.0 Å².